The lowest BCUT2D eigenvalue weighted by molar-refractivity contribution is 0.503. The van der Waals surface area contributed by atoms with E-state index in [0.717, 1.165) is 22.7 Å². The van der Waals surface area contributed by atoms with E-state index in [1.807, 2.05) is 12.1 Å². The molecule has 0 bridgehead atoms. The molecule has 0 heterocycles. The first kappa shape index (κ1) is 14.7. The summed E-state index contributed by atoms with van der Waals surface area (Å²) in [6.45, 7) is 0.697. The van der Waals surface area contributed by atoms with Crippen molar-refractivity contribution in [2.45, 2.75) is 17.7 Å². The molecule has 0 unspecified atom stereocenters. The number of hydrogen-bond acceptors (Lipinski definition) is 3. The van der Waals surface area contributed by atoms with E-state index < -0.39 is 10.0 Å². The highest BCUT2D eigenvalue weighted by Gasteiger charge is 2.19. The van der Waals surface area contributed by atoms with E-state index in [9.17, 15) is 8.42 Å². The second kappa shape index (κ2) is 6.55. The molecule has 0 aliphatic rings. The third kappa shape index (κ3) is 3.57. The van der Waals surface area contributed by atoms with Crippen molar-refractivity contribution in [1.82, 2.24) is 4.31 Å². The van der Waals surface area contributed by atoms with Crippen molar-refractivity contribution >= 4 is 10.0 Å². The van der Waals surface area contributed by atoms with Crippen molar-refractivity contribution in [1.29, 1.82) is 0 Å². The Morgan fingerprint density at radius 2 is 1.94 bits per heavy atom. The molecule has 0 aromatic heterocycles. The monoisotopic (exact) mass is 266 g/mol. The highest BCUT2D eigenvalue weighted by Crippen LogP contribution is 2.15. The van der Waals surface area contributed by atoms with Crippen LogP contribution in [0.1, 0.15) is 12.0 Å². The summed E-state index contributed by atoms with van der Waals surface area (Å²) in [6.07, 6.45) is 6.87. The normalized spacial score (nSPS) is 11.4. The van der Waals surface area contributed by atoms with Gasteiger partial charge in [0.1, 0.15) is 0 Å². The molecule has 1 rings (SSSR count). The van der Waals surface area contributed by atoms with Crippen molar-refractivity contribution < 1.29 is 8.42 Å². The standard InChI is InChI=1S/C13H18N2O2S/c1-3-11-15(2)18(16,17)13-8-6-12(7-9-13)5-4-10-14/h1,6-9H,4-5,10-11,14H2,2H3. The second-order valence-corrected chi connectivity index (χ2v) is 6.05. The van der Waals surface area contributed by atoms with Gasteiger partial charge in [-0.05, 0) is 37.1 Å². The molecule has 0 saturated heterocycles. The molecule has 0 radical (unpaired) electrons. The molecule has 18 heavy (non-hydrogen) atoms. The molecular weight excluding hydrogens is 248 g/mol. The van der Waals surface area contributed by atoms with Crippen LogP contribution in [0.25, 0.3) is 0 Å². The van der Waals surface area contributed by atoms with Crippen LogP contribution in [0.5, 0.6) is 0 Å². The lowest BCUT2D eigenvalue weighted by Crippen LogP contribution is -2.27. The topological polar surface area (TPSA) is 63.4 Å². The minimum absolute atomic E-state index is 0.0667. The molecule has 2 N–H and O–H groups in total. The van der Waals surface area contributed by atoms with E-state index in [4.69, 9.17) is 12.2 Å². The Morgan fingerprint density at radius 1 is 1.33 bits per heavy atom. The smallest absolute Gasteiger partial charge is 0.243 e. The molecule has 4 nitrogen and oxygen atoms in total. The Bertz CT molecular complexity index is 515. The van der Waals surface area contributed by atoms with Gasteiger partial charge in [0.2, 0.25) is 10.0 Å². The first-order valence-corrected chi connectivity index (χ1v) is 7.15. The van der Waals surface area contributed by atoms with Crippen LogP contribution in [0.2, 0.25) is 0 Å². The Labute approximate surface area is 109 Å². The van der Waals surface area contributed by atoms with E-state index in [2.05, 4.69) is 5.92 Å². The fourth-order valence-corrected chi connectivity index (χ4v) is 2.61. The molecule has 0 amide bonds. The largest absolute Gasteiger partial charge is 0.330 e. The Morgan fingerprint density at radius 3 is 2.44 bits per heavy atom. The zero-order valence-corrected chi connectivity index (χ0v) is 11.3. The molecule has 5 heteroatoms. The van der Waals surface area contributed by atoms with Gasteiger partial charge in [0.05, 0.1) is 11.4 Å². The predicted octanol–water partition coefficient (Wildman–Crippen LogP) is 0.832. The lowest BCUT2D eigenvalue weighted by Gasteiger charge is -2.14. The van der Waals surface area contributed by atoms with Gasteiger partial charge in [-0.1, -0.05) is 18.1 Å². The van der Waals surface area contributed by atoms with Gasteiger partial charge in [-0.25, -0.2) is 8.42 Å². The van der Waals surface area contributed by atoms with Crippen molar-refractivity contribution in [3.63, 3.8) is 0 Å². The second-order valence-electron chi connectivity index (χ2n) is 4.00. The number of sulfonamides is 1. The summed E-state index contributed by atoms with van der Waals surface area (Å²) in [5.74, 6) is 2.32. The van der Waals surface area contributed by atoms with Crippen LogP contribution in [0, 0.1) is 12.3 Å². The molecular formula is C13H18N2O2S. The maximum atomic E-state index is 12.1. The zero-order chi connectivity index (χ0) is 13.6. The summed E-state index contributed by atoms with van der Waals surface area (Å²) in [6, 6.07) is 6.83. The molecule has 0 saturated carbocycles. The van der Waals surface area contributed by atoms with Gasteiger partial charge in [0.25, 0.3) is 0 Å². The summed E-state index contributed by atoms with van der Waals surface area (Å²) in [7, 11) is -2.00. The maximum Gasteiger partial charge on any atom is 0.243 e. The van der Waals surface area contributed by atoms with Crippen molar-refractivity contribution in [3.8, 4) is 12.3 Å². The fraction of sp³-hybridized carbons (Fsp3) is 0.385. The molecule has 1 aromatic carbocycles. The first-order valence-electron chi connectivity index (χ1n) is 5.71. The van der Waals surface area contributed by atoms with E-state index in [1.54, 1.807) is 12.1 Å². The fourth-order valence-electron chi connectivity index (χ4n) is 1.53. The highest BCUT2D eigenvalue weighted by atomic mass is 32.2. The molecule has 0 fully saturated rings. The van der Waals surface area contributed by atoms with Crippen molar-refractivity contribution in [2.24, 2.45) is 5.73 Å². The summed E-state index contributed by atoms with van der Waals surface area (Å²) in [5.41, 5.74) is 6.51. The van der Waals surface area contributed by atoms with Crippen molar-refractivity contribution in [2.75, 3.05) is 20.1 Å². The number of rotatable bonds is 6. The average molecular weight is 266 g/mol. The van der Waals surface area contributed by atoms with Crippen LogP contribution in [-0.4, -0.2) is 32.9 Å². The van der Waals surface area contributed by atoms with Gasteiger partial charge >= 0.3 is 0 Å². The average Bonchev–Trinajstić information content (AvgIpc) is 2.37. The minimum atomic E-state index is -3.47. The van der Waals surface area contributed by atoms with Crippen molar-refractivity contribution in [3.05, 3.63) is 29.8 Å². The SMILES string of the molecule is C#CCN(C)S(=O)(=O)c1ccc(CCCN)cc1. The van der Waals surface area contributed by atoms with Crippen LogP contribution in [0.15, 0.2) is 29.2 Å². The molecule has 0 spiro atoms. The summed E-state index contributed by atoms with van der Waals surface area (Å²) < 4.78 is 25.3. The summed E-state index contributed by atoms with van der Waals surface area (Å²) >= 11 is 0. The number of aryl methyl sites for hydroxylation is 1. The van der Waals surface area contributed by atoms with Gasteiger partial charge in [-0.3, -0.25) is 0 Å². The quantitative estimate of drug-likeness (QED) is 0.776. The summed E-state index contributed by atoms with van der Waals surface area (Å²) in [4.78, 5) is 0.261. The van der Waals surface area contributed by atoms with E-state index in [1.165, 1.54) is 7.05 Å². The first-order chi connectivity index (χ1) is 8.52. The molecule has 0 aliphatic carbocycles. The third-order valence-electron chi connectivity index (χ3n) is 2.62. The van der Waals surface area contributed by atoms with Crippen LogP contribution >= 0.6 is 0 Å². The zero-order valence-electron chi connectivity index (χ0n) is 10.5. The van der Waals surface area contributed by atoms with E-state index in [-0.39, 0.29) is 11.4 Å². The summed E-state index contributed by atoms with van der Waals surface area (Å²) in [5, 5.41) is 0. The minimum Gasteiger partial charge on any atom is -0.330 e. The number of hydrogen-bond donors (Lipinski definition) is 1. The number of nitrogens with two attached hydrogens (primary N) is 1. The predicted molar refractivity (Wildman–Crippen MR) is 72.5 cm³/mol. The van der Waals surface area contributed by atoms with E-state index >= 15 is 0 Å². The molecule has 0 atom stereocenters. The number of nitrogens with zero attached hydrogens (tertiary/aromatic N) is 1. The molecule has 0 aliphatic heterocycles. The molecule has 98 valence electrons. The van der Waals surface area contributed by atoms with Crippen LogP contribution in [-0.2, 0) is 16.4 Å². The van der Waals surface area contributed by atoms with E-state index in [0.29, 0.717) is 6.54 Å². The Balaban J connectivity index is 2.88. The van der Waals surface area contributed by atoms with Crippen LogP contribution < -0.4 is 5.73 Å². The van der Waals surface area contributed by atoms with Gasteiger partial charge in [0, 0.05) is 7.05 Å². The highest BCUT2D eigenvalue weighted by molar-refractivity contribution is 7.89. The van der Waals surface area contributed by atoms with Crippen LogP contribution in [0.4, 0.5) is 0 Å². The Kier molecular flexibility index (Phi) is 5.35. The van der Waals surface area contributed by atoms with Crippen LogP contribution in [0.3, 0.4) is 0 Å². The van der Waals surface area contributed by atoms with Gasteiger partial charge in [-0.2, -0.15) is 4.31 Å². The number of benzene rings is 1. The third-order valence-corrected chi connectivity index (χ3v) is 4.43. The molecule has 1 aromatic rings. The van der Waals surface area contributed by atoms with Gasteiger partial charge < -0.3 is 5.73 Å². The van der Waals surface area contributed by atoms with Gasteiger partial charge in [-0.15, -0.1) is 6.42 Å². The maximum absolute atomic E-state index is 12.1. The Hall–Kier alpha value is -1.35. The van der Waals surface area contributed by atoms with Gasteiger partial charge in [0.15, 0.2) is 0 Å². The lowest BCUT2D eigenvalue weighted by atomic mass is 10.1. The number of terminal acetylenes is 1.